The minimum Gasteiger partial charge on any atom is -1.00 e. The SMILES string of the molecule is CCCOC(CCC1=[C]([Ti+2])CC=C1)c1ccccc1.[Cl-].[Cl-]. The van der Waals surface area contributed by atoms with Gasteiger partial charge in [-0.05, 0) is 0 Å². The molecule has 1 aliphatic carbocycles. The van der Waals surface area contributed by atoms with Gasteiger partial charge in [-0.15, -0.1) is 0 Å². The zero-order valence-corrected chi connectivity index (χ0v) is 15.4. The van der Waals surface area contributed by atoms with Gasteiger partial charge in [0.15, 0.2) is 0 Å². The zero-order chi connectivity index (χ0) is 13.5. The summed E-state index contributed by atoms with van der Waals surface area (Å²) in [5.74, 6) is 0. The molecule has 21 heavy (non-hydrogen) atoms. The second-order valence-electron chi connectivity index (χ2n) is 4.92. The number of rotatable bonds is 7. The Hall–Kier alpha value is -0.0457. The van der Waals surface area contributed by atoms with E-state index in [1.54, 1.807) is 0 Å². The molecule has 0 saturated heterocycles. The third-order valence-corrected chi connectivity index (χ3v) is 4.22. The summed E-state index contributed by atoms with van der Waals surface area (Å²) in [7, 11) is 0. The van der Waals surface area contributed by atoms with E-state index >= 15 is 0 Å². The molecule has 1 unspecified atom stereocenters. The molecule has 1 aromatic carbocycles. The number of ether oxygens (including phenoxy) is 1. The van der Waals surface area contributed by atoms with E-state index in [0.29, 0.717) is 0 Å². The van der Waals surface area contributed by atoms with Gasteiger partial charge in [-0.2, -0.15) is 0 Å². The van der Waals surface area contributed by atoms with E-state index in [4.69, 9.17) is 4.74 Å². The van der Waals surface area contributed by atoms with Crippen LogP contribution in [0, 0.1) is 0 Å². The van der Waals surface area contributed by atoms with Crippen molar-refractivity contribution in [1.82, 2.24) is 0 Å². The number of halogens is 2. The first-order valence-corrected chi connectivity index (χ1v) is 7.86. The van der Waals surface area contributed by atoms with E-state index < -0.39 is 0 Å². The van der Waals surface area contributed by atoms with E-state index in [1.165, 1.54) is 15.0 Å². The molecule has 1 aromatic rings. The van der Waals surface area contributed by atoms with E-state index in [2.05, 4.69) is 69.8 Å². The first-order chi connectivity index (χ1) is 9.31. The Labute approximate surface area is 152 Å². The monoisotopic (exact) mass is 359 g/mol. The molecule has 0 aliphatic heterocycles. The van der Waals surface area contributed by atoms with Crippen molar-refractivity contribution >= 4 is 0 Å². The van der Waals surface area contributed by atoms with Crippen molar-refractivity contribution in [2.24, 2.45) is 0 Å². The molecule has 4 heteroatoms. The van der Waals surface area contributed by atoms with Crippen molar-refractivity contribution in [3.8, 4) is 0 Å². The molecule has 0 spiro atoms. The van der Waals surface area contributed by atoms with Gasteiger partial charge in [0.25, 0.3) is 0 Å². The molecule has 0 N–H and O–H groups in total. The molecule has 0 radical (unpaired) electrons. The molecular weight excluding hydrogens is 339 g/mol. The van der Waals surface area contributed by atoms with Gasteiger partial charge in [0, 0.05) is 0 Å². The zero-order valence-electron chi connectivity index (χ0n) is 12.3. The minimum atomic E-state index is 0. The first-order valence-electron chi connectivity index (χ1n) is 7.08. The Morgan fingerprint density at radius 3 is 2.48 bits per heavy atom. The van der Waals surface area contributed by atoms with Gasteiger partial charge in [-0.3, -0.25) is 0 Å². The molecule has 0 aromatic heterocycles. The molecule has 0 heterocycles. The topological polar surface area (TPSA) is 9.23 Å². The van der Waals surface area contributed by atoms with Crippen molar-refractivity contribution in [2.45, 2.75) is 38.7 Å². The summed E-state index contributed by atoms with van der Waals surface area (Å²) in [5.41, 5.74) is 2.80. The van der Waals surface area contributed by atoms with Gasteiger partial charge in [0.05, 0.1) is 0 Å². The number of hydrogen-bond donors (Lipinski definition) is 0. The third-order valence-electron chi connectivity index (χ3n) is 3.40. The van der Waals surface area contributed by atoms with Crippen LogP contribution in [-0.4, -0.2) is 6.61 Å². The standard InChI is InChI=1S/C17H21O.2ClH.Ti/c1-2-14-18-17(16-10-4-3-5-11-16)13-12-15-8-6-7-9-15;;;/h3-6,8,10-11,17H,2,7,12-14H2,1H3;2*1H;/q;;;+2/p-2. The van der Waals surface area contributed by atoms with Gasteiger partial charge in [0.2, 0.25) is 0 Å². The Balaban J connectivity index is 0.00000200. The van der Waals surface area contributed by atoms with Gasteiger partial charge in [0.1, 0.15) is 0 Å². The van der Waals surface area contributed by atoms with E-state index in [1.807, 2.05) is 0 Å². The molecule has 113 valence electrons. The van der Waals surface area contributed by atoms with Crippen molar-refractivity contribution in [3.05, 3.63) is 57.5 Å². The summed E-state index contributed by atoms with van der Waals surface area (Å²) in [6.07, 6.45) is 9.15. The molecule has 1 nitrogen and oxygen atoms in total. The molecule has 0 saturated carbocycles. The summed E-state index contributed by atoms with van der Waals surface area (Å²) in [6, 6.07) is 10.6. The molecule has 0 amide bonds. The van der Waals surface area contributed by atoms with Crippen LogP contribution in [0.15, 0.2) is 51.9 Å². The minimum absolute atomic E-state index is 0. The maximum absolute atomic E-state index is 6.03. The fraction of sp³-hybridized carbons (Fsp3) is 0.412. The Morgan fingerprint density at radius 1 is 1.19 bits per heavy atom. The maximum Gasteiger partial charge on any atom is -1.00 e. The van der Waals surface area contributed by atoms with Crippen LogP contribution in [0.4, 0.5) is 0 Å². The van der Waals surface area contributed by atoms with Crippen LogP contribution in [0.3, 0.4) is 0 Å². The van der Waals surface area contributed by atoms with E-state index in [0.717, 1.165) is 32.3 Å². The Bertz CT molecular complexity index is 457. The summed E-state index contributed by atoms with van der Waals surface area (Å²) in [4.78, 5) is 0. The molecule has 1 atom stereocenters. The van der Waals surface area contributed by atoms with Gasteiger partial charge in [-0.25, -0.2) is 0 Å². The molecule has 2 rings (SSSR count). The average Bonchev–Trinajstić information content (AvgIpc) is 2.85. The van der Waals surface area contributed by atoms with Crippen molar-refractivity contribution in [1.29, 1.82) is 0 Å². The summed E-state index contributed by atoms with van der Waals surface area (Å²) in [6.45, 7) is 3.00. The van der Waals surface area contributed by atoms with Gasteiger partial charge >= 0.3 is 128 Å². The molecule has 0 fully saturated rings. The van der Waals surface area contributed by atoms with Crippen LogP contribution >= 0.6 is 0 Å². The first kappa shape index (κ1) is 21.0. The molecular formula is C17H21Cl2OTi. The summed E-state index contributed by atoms with van der Waals surface area (Å²) < 4.78 is 7.54. The third kappa shape index (κ3) is 6.71. The second kappa shape index (κ2) is 11.5. The Morgan fingerprint density at radius 2 is 1.90 bits per heavy atom. The van der Waals surface area contributed by atoms with Crippen LogP contribution < -0.4 is 24.8 Å². The van der Waals surface area contributed by atoms with E-state index in [-0.39, 0.29) is 30.9 Å². The number of allylic oxidation sites excluding steroid dienone is 4. The van der Waals surface area contributed by atoms with E-state index in [9.17, 15) is 0 Å². The quantitative estimate of drug-likeness (QED) is 0.550. The predicted octanol–water partition coefficient (Wildman–Crippen LogP) is -1.30. The fourth-order valence-corrected chi connectivity index (χ4v) is 2.85. The Kier molecular flexibility index (Phi) is 11.5. The predicted molar refractivity (Wildman–Crippen MR) is 75.4 cm³/mol. The van der Waals surface area contributed by atoms with Crippen LogP contribution in [-0.2, 0) is 25.2 Å². The van der Waals surface area contributed by atoms with Crippen LogP contribution in [0.25, 0.3) is 0 Å². The smallest absolute Gasteiger partial charge is 1.00 e. The average molecular weight is 360 g/mol. The normalized spacial score (nSPS) is 14.6. The van der Waals surface area contributed by atoms with Gasteiger partial charge < -0.3 is 24.8 Å². The second-order valence-corrected chi connectivity index (χ2v) is 5.86. The van der Waals surface area contributed by atoms with Crippen LogP contribution in [0.2, 0.25) is 0 Å². The van der Waals surface area contributed by atoms with Crippen molar-refractivity contribution in [3.63, 3.8) is 0 Å². The largest absolute Gasteiger partial charge is 1.00 e. The van der Waals surface area contributed by atoms with Crippen LogP contribution in [0.1, 0.15) is 44.3 Å². The molecule has 0 bridgehead atoms. The summed E-state index contributed by atoms with van der Waals surface area (Å²) >= 11 is 2.24. The number of hydrogen-bond acceptors (Lipinski definition) is 1. The summed E-state index contributed by atoms with van der Waals surface area (Å²) in [5, 5.41) is 0. The maximum atomic E-state index is 6.03. The van der Waals surface area contributed by atoms with Crippen LogP contribution in [0.5, 0.6) is 0 Å². The number of benzene rings is 1. The molecule has 1 aliphatic rings. The van der Waals surface area contributed by atoms with Crippen molar-refractivity contribution in [2.75, 3.05) is 6.61 Å². The van der Waals surface area contributed by atoms with Gasteiger partial charge in [-0.1, -0.05) is 0 Å². The fourth-order valence-electron chi connectivity index (χ4n) is 2.35. The van der Waals surface area contributed by atoms with Crippen molar-refractivity contribution < 1.29 is 50.0 Å².